The van der Waals surface area contributed by atoms with Gasteiger partial charge in [0.15, 0.2) is 0 Å². The van der Waals surface area contributed by atoms with Crippen molar-refractivity contribution >= 4 is 0 Å². The highest BCUT2D eigenvalue weighted by Gasteiger charge is 2.18. The summed E-state index contributed by atoms with van der Waals surface area (Å²) in [5.74, 6) is 0. The van der Waals surface area contributed by atoms with E-state index in [1.807, 2.05) is 0 Å². The second-order valence-corrected chi connectivity index (χ2v) is 4.69. The molecule has 16 heavy (non-hydrogen) atoms. The van der Waals surface area contributed by atoms with Gasteiger partial charge in [-0.3, -0.25) is 4.68 Å². The van der Waals surface area contributed by atoms with Crippen LogP contribution in [0.3, 0.4) is 0 Å². The van der Waals surface area contributed by atoms with Crippen LogP contribution in [0.15, 0.2) is 24.5 Å². The molecule has 2 heterocycles. The van der Waals surface area contributed by atoms with Crippen LogP contribution in [0.2, 0.25) is 0 Å². The van der Waals surface area contributed by atoms with Crippen molar-refractivity contribution in [3.8, 4) is 0 Å². The summed E-state index contributed by atoms with van der Waals surface area (Å²) >= 11 is 0. The van der Waals surface area contributed by atoms with Crippen LogP contribution in [0.4, 0.5) is 0 Å². The molecule has 0 aromatic carbocycles. The number of nitrogens with zero attached hydrogens (tertiary/aromatic N) is 2. The number of nitrogens with one attached hydrogen (secondary N) is 1. The summed E-state index contributed by atoms with van der Waals surface area (Å²) < 4.78 is 2.08. The van der Waals surface area contributed by atoms with E-state index in [-0.39, 0.29) is 0 Å². The zero-order valence-corrected chi connectivity index (χ0v) is 10.2. The van der Waals surface area contributed by atoms with Crippen molar-refractivity contribution in [3.63, 3.8) is 0 Å². The molecule has 90 valence electrons. The van der Waals surface area contributed by atoms with Crippen LogP contribution in [0.25, 0.3) is 0 Å². The predicted molar refractivity (Wildman–Crippen MR) is 68.2 cm³/mol. The molecule has 1 saturated heterocycles. The summed E-state index contributed by atoms with van der Waals surface area (Å²) in [7, 11) is 0. The largest absolute Gasteiger partial charge is 0.323 e. The van der Waals surface area contributed by atoms with Gasteiger partial charge >= 0.3 is 0 Å². The minimum absolute atomic E-state index is 0.644. The molecule has 0 atom stereocenters. The van der Waals surface area contributed by atoms with E-state index in [4.69, 9.17) is 0 Å². The van der Waals surface area contributed by atoms with Crippen molar-refractivity contribution in [1.82, 2.24) is 9.58 Å². The zero-order valence-electron chi connectivity index (χ0n) is 10.2. The molecule has 1 aliphatic rings. The monoisotopic (exact) mass is 221 g/mol. The Hall–Kier alpha value is -0.960. The van der Waals surface area contributed by atoms with Gasteiger partial charge in [-0.1, -0.05) is 13.3 Å². The number of rotatable bonds is 5. The van der Waals surface area contributed by atoms with Crippen LogP contribution < -0.4 is 5.43 Å². The summed E-state index contributed by atoms with van der Waals surface area (Å²) in [4.78, 5) is 2.59. The molecule has 1 N–H and O–H groups in total. The Morgan fingerprint density at radius 1 is 1.19 bits per heavy atom. The highest BCUT2D eigenvalue weighted by Crippen LogP contribution is 2.12. The molecule has 0 saturated carbocycles. The Morgan fingerprint density at radius 2 is 1.88 bits per heavy atom. The van der Waals surface area contributed by atoms with Crippen molar-refractivity contribution < 1.29 is 0 Å². The molecule has 1 aromatic rings. The molecule has 0 spiro atoms. The number of likely N-dealkylation sites (tertiary alicyclic amines) is 1. The van der Waals surface area contributed by atoms with E-state index in [9.17, 15) is 0 Å². The van der Waals surface area contributed by atoms with E-state index < -0.39 is 0 Å². The molecule has 1 fully saturated rings. The van der Waals surface area contributed by atoms with Gasteiger partial charge in [0, 0.05) is 31.5 Å². The average molecular weight is 221 g/mol. The molecule has 0 radical (unpaired) electrons. The SMILES string of the molecule is CCCCN1CCC(Nn2cccc2)CC1. The lowest BCUT2D eigenvalue weighted by Gasteiger charge is -2.32. The van der Waals surface area contributed by atoms with Crippen molar-refractivity contribution in [2.24, 2.45) is 0 Å². The second-order valence-electron chi connectivity index (χ2n) is 4.69. The molecular weight excluding hydrogens is 198 g/mol. The normalized spacial score (nSPS) is 18.8. The third-order valence-corrected chi connectivity index (χ3v) is 3.35. The first kappa shape index (κ1) is 11.5. The topological polar surface area (TPSA) is 20.2 Å². The fourth-order valence-electron chi connectivity index (χ4n) is 2.30. The smallest absolute Gasteiger partial charge is 0.0448 e. The number of piperidine rings is 1. The number of hydrogen-bond acceptors (Lipinski definition) is 2. The minimum Gasteiger partial charge on any atom is -0.323 e. The van der Waals surface area contributed by atoms with Crippen molar-refractivity contribution in [2.45, 2.75) is 38.6 Å². The quantitative estimate of drug-likeness (QED) is 0.823. The third-order valence-electron chi connectivity index (χ3n) is 3.35. The Bertz CT molecular complexity index is 273. The van der Waals surface area contributed by atoms with Gasteiger partial charge in [-0.05, 0) is 37.9 Å². The molecule has 0 bridgehead atoms. The maximum Gasteiger partial charge on any atom is 0.0448 e. The van der Waals surface area contributed by atoms with E-state index in [1.165, 1.54) is 45.3 Å². The third kappa shape index (κ3) is 3.27. The first-order chi connectivity index (χ1) is 7.88. The van der Waals surface area contributed by atoms with Crippen LogP contribution in [0, 0.1) is 0 Å². The molecule has 0 amide bonds. The van der Waals surface area contributed by atoms with Crippen LogP contribution in [0.5, 0.6) is 0 Å². The Balaban J connectivity index is 1.69. The van der Waals surface area contributed by atoms with Gasteiger partial charge in [-0.2, -0.15) is 0 Å². The Kier molecular flexibility index (Phi) is 4.28. The number of unbranched alkanes of at least 4 members (excludes halogenated alkanes) is 1. The van der Waals surface area contributed by atoms with Crippen LogP contribution in [-0.2, 0) is 0 Å². The highest BCUT2D eigenvalue weighted by molar-refractivity contribution is 4.96. The first-order valence-electron chi connectivity index (χ1n) is 6.50. The summed E-state index contributed by atoms with van der Waals surface area (Å²) in [5.41, 5.74) is 3.53. The zero-order chi connectivity index (χ0) is 11.2. The molecule has 2 rings (SSSR count). The van der Waals surface area contributed by atoms with Gasteiger partial charge in [-0.25, -0.2) is 0 Å². The first-order valence-corrected chi connectivity index (χ1v) is 6.50. The molecule has 1 aromatic heterocycles. The number of hydrogen-bond donors (Lipinski definition) is 1. The lowest BCUT2D eigenvalue weighted by atomic mass is 10.1. The minimum atomic E-state index is 0.644. The molecule has 0 aliphatic carbocycles. The Morgan fingerprint density at radius 3 is 2.50 bits per heavy atom. The standard InChI is InChI=1S/C13H23N3/c1-2-3-8-15-11-6-13(7-12-15)14-16-9-4-5-10-16/h4-5,9-10,13-14H,2-3,6-8,11-12H2,1H3. The average Bonchev–Trinajstić information content (AvgIpc) is 2.81. The lowest BCUT2D eigenvalue weighted by molar-refractivity contribution is 0.212. The van der Waals surface area contributed by atoms with Gasteiger partial charge in [0.1, 0.15) is 0 Å². The van der Waals surface area contributed by atoms with E-state index >= 15 is 0 Å². The maximum absolute atomic E-state index is 3.53. The number of aromatic nitrogens is 1. The summed E-state index contributed by atoms with van der Waals surface area (Å²) in [5, 5.41) is 0. The van der Waals surface area contributed by atoms with Gasteiger partial charge in [0.05, 0.1) is 0 Å². The van der Waals surface area contributed by atoms with Gasteiger partial charge in [0.2, 0.25) is 0 Å². The fourth-order valence-corrected chi connectivity index (χ4v) is 2.30. The van der Waals surface area contributed by atoms with Gasteiger partial charge < -0.3 is 10.3 Å². The Labute approximate surface area is 98.4 Å². The molecule has 3 heteroatoms. The summed E-state index contributed by atoms with van der Waals surface area (Å²) in [6.45, 7) is 6.05. The van der Waals surface area contributed by atoms with Crippen molar-refractivity contribution in [1.29, 1.82) is 0 Å². The van der Waals surface area contributed by atoms with E-state index in [0.717, 1.165) is 0 Å². The van der Waals surface area contributed by atoms with Gasteiger partial charge in [0.25, 0.3) is 0 Å². The maximum atomic E-state index is 3.53. The van der Waals surface area contributed by atoms with E-state index in [1.54, 1.807) is 0 Å². The van der Waals surface area contributed by atoms with Crippen LogP contribution in [0.1, 0.15) is 32.6 Å². The lowest BCUT2D eigenvalue weighted by Crippen LogP contribution is -2.41. The van der Waals surface area contributed by atoms with E-state index in [2.05, 4.69) is 46.5 Å². The highest BCUT2D eigenvalue weighted by atomic mass is 15.4. The predicted octanol–water partition coefficient (Wildman–Crippen LogP) is 2.30. The molecular formula is C13H23N3. The second kappa shape index (κ2) is 5.94. The van der Waals surface area contributed by atoms with Crippen molar-refractivity contribution in [3.05, 3.63) is 24.5 Å². The van der Waals surface area contributed by atoms with Crippen molar-refractivity contribution in [2.75, 3.05) is 25.1 Å². The molecule has 0 unspecified atom stereocenters. The summed E-state index contributed by atoms with van der Waals surface area (Å²) in [6.07, 6.45) is 9.33. The summed E-state index contributed by atoms with van der Waals surface area (Å²) in [6, 6.07) is 4.76. The van der Waals surface area contributed by atoms with Gasteiger partial charge in [-0.15, -0.1) is 0 Å². The van der Waals surface area contributed by atoms with Crippen LogP contribution in [-0.4, -0.2) is 35.3 Å². The van der Waals surface area contributed by atoms with E-state index in [0.29, 0.717) is 6.04 Å². The molecule has 1 aliphatic heterocycles. The molecule has 3 nitrogen and oxygen atoms in total. The fraction of sp³-hybridized carbons (Fsp3) is 0.692. The van der Waals surface area contributed by atoms with Crippen LogP contribution >= 0.6 is 0 Å².